The summed E-state index contributed by atoms with van der Waals surface area (Å²) in [5, 5.41) is 0. The Kier molecular flexibility index (Phi) is 8.93. The Morgan fingerprint density at radius 3 is 2.39 bits per heavy atom. The van der Waals surface area contributed by atoms with Gasteiger partial charge in [-0.2, -0.15) is 0 Å². The number of aryl methyl sites for hydroxylation is 1. The average Bonchev–Trinajstić information content (AvgIpc) is 2.56. The number of benzene rings is 1. The van der Waals surface area contributed by atoms with E-state index in [1.165, 1.54) is 0 Å². The molecule has 1 aromatic rings. The van der Waals surface area contributed by atoms with Gasteiger partial charge >= 0.3 is 5.97 Å². The van der Waals surface area contributed by atoms with Gasteiger partial charge in [0.1, 0.15) is 0 Å². The molecule has 0 radical (unpaired) electrons. The van der Waals surface area contributed by atoms with Crippen molar-refractivity contribution in [1.82, 2.24) is 4.90 Å². The number of carbonyl (C=O) groups excluding carboxylic acids is 1. The van der Waals surface area contributed by atoms with Gasteiger partial charge in [-0.3, -0.25) is 4.79 Å². The van der Waals surface area contributed by atoms with Crippen LogP contribution < -0.4 is 0 Å². The highest BCUT2D eigenvalue weighted by Gasteiger charge is 2.28. The molecule has 0 spiro atoms. The molecule has 130 valence electrons. The van der Waals surface area contributed by atoms with Crippen molar-refractivity contribution in [2.75, 3.05) is 26.2 Å². The molecule has 0 saturated carbocycles. The smallest absolute Gasteiger partial charge is 0.313 e. The zero-order valence-electron chi connectivity index (χ0n) is 15.5. The lowest BCUT2D eigenvalue weighted by atomic mass is 9.83. The van der Waals surface area contributed by atoms with E-state index in [9.17, 15) is 4.79 Å². The molecule has 1 aromatic carbocycles. The number of rotatable bonds is 10. The van der Waals surface area contributed by atoms with Crippen LogP contribution in [0.4, 0.5) is 0 Å². The highest BCUT2D eigenvalue weighted by molar-refractivity contribution is 5.79. The van der Waals surface area contributed by atoms with Crippen molar-refractivity contribution in [2.24, 2.45) is 5.92 Å². The van der Waals surface area contributed by atoms with Crippen LogP contribution in [0.1, 0.15) is 57.6 Å². The van der Waals surface area contributed by atoms with Gasteiger partial charge in [-0.1, -0.05) is 58.4 Å². The summed E-state index contributed by atoms with van der Waals surface area (Å²) in [7, 11) is 0. The van der Waals surface area contributed by atoms with Crippen molar-refractivity contribution in [3.63, 3.8) is 0 Å². The van der Waals surface area contributed by atoms with E-state index in [1.807, 2.05) is 12.1 Å². The second-order valence-corrected chi connectivity index (χ2v) is 6.27. The van der Waals surface area contributed by atoms with Crippen LogP contribution in [0.25, 0.3) is 0 Å². The Labute approximate surface area is 142 Å². The number of nitrogens with zero attached hydrogens (tertiary/aromatic N) is 1. The van der Waals surface area contributed by atoms with E-state index in [4.69, 9.17) is 4.74 Å². The maximum atomic E-state index is 12.6. The largest absolute Gasteiger partial charge is 0.465 e. The molecular weight excluding hydrogens is 286 g/mol. The van der Waals surface area contributed by atoms with Crippen LogP contribution in [0.15, 0.2) is 24.3 Å². The van der Waals surface area contributed by atoms with Crippen molar-refractivity contribution in [1.29, 1.82) is 0 Å². The molecule has 0 N–H and O–H groups in total. The Balaban J connectivity index is 2.66. The first kappa shape index (κ1) is 19.7. The molecule has 3 heteroatoms. The molecule has 0 aliphatic carbocycles. The van der Waals surface area contributed by atoms with E-state index in [1.54, 1.807) is 0 Å². The van der Waals surface area contributed by atoms with Gasteiger partial charge in [0.2, 0.25) is 0 Å². The molecule has 0 aliphatic rings. The molecule has 1 rings (SSSR count). The Bertz CT molecular complexity index is 468. The van der Waals surface area contributed by atoms with Crippen molar-refractivity contribution in [3.8, 4) is 0 Å². The zero-order chi connectivity index (χ0) is 17.2. The molecule has 0 aromatic heterocycles. The summed E-state index contributed by atoms with van der Waals surface area (Å²) in [5.74, 6) is 0.0502. The van der Waals surface area contributed by atoms with Gasteiger partial charge in [0.25, 0.3) is 0 Å². The predicted molar refractivity (Wildman–Crippen MR) is 96.7 cm³/mol. The van der Waals surface area contributed by atoms with Crippen LogP contribution in [-0.4, -0.2) is 37.1 Å². The molecule has 23 heavy (non-hydrogen) atoms. The molecule has 3 nitrogen and oxygen atoms in total. The third kappa shape index (κ3) is 5.98. The normalized spacial score (nSPS) is 13.8. The Hall–Kier alpha value is -1.35. The second kappa shape index (κ2) is 10.4. The fourth-order valence-electron chi connectivity index (χ4n) is 2.93. The van der Waals surface area contributed by atoms with Gasteiger partial charge in [0.05, 0.1) is 12.5 Å². The van der Waals surface area contributed by atoms with Crippen LogP contribution in [-0.2, 0) is 9.53 Å². The number of ether oxygens (including phenoxy) is 1. The van der Waals surface area contributed by atoms with E-state index in [0.717, 1.165) is 43.6 Å². The summed E-state index contributed by atoms with van der Waals surface area (Å²) < 4.78 is 5.61. The summed E-state index contributed by atoms with van der Waals surface area (Å²) in [4.78, 5) is 15.0. The lowest BCUT2D eigenvalue weighted by molar-refractivity contribution is -0.147. The number of carbonyl (C=O) groups is 1. The van der Waals surface area contributed by atoms with Crippen molar-refractivity contribution >= 4 is 5.97 Å². The summed E-state index contributed by atoms with van der Waals surface area (Å²) in [5.41, 5.74) is 2.27. The van der Waals surface area contributed by atoms with Crippen LogP contribution in [0.3, 0.4) is 0 Å². The van der Waals surface area contributed by atoms with Gasteiger partial charge in [-0.15, -0.1) is 0 Å². The quantitative estimate of drug-likeness (QED) is 0.473. The SMILES string of the molecule is CC[C@H](C)[C@H](C(=O)OCCCN(CC)CC)c1ccccc1C. The summed E-state index contributed by atoms with van der Waals surface area (Å²) >= 11 is 0. The maximum absolute atomic E-state index is 12.6. The van der Waals surface area contributed by atoms with Crippen LogP contribution in [0.5, 0.6) is 0 Å². The third-order valence-electron chi connectivity index (χ3n) is 4.75. The molecule has 0 fully saturated rings. The number of esters is 1. The summed E-state index contributed by atoms with van der Waals surface area (Å²) in [6.07, 6.45) is 1.86. The number of hydrogen-bond acceptors (Lipinski definition) is 3. The first-order chi connectivity index (χ1) is 11.0. The van der Waals surface area contributed by atoms with Gasteiger partial charge < -0.3 is 9.64 Å². The molecule has 0 bridgehead atoms. The van der Waals surface area contributed by atoms with Crippen molar-refractivity contribution in [3.05, 3.63) is 35.4 Å². The molecule has 0 saturated heterocycles. The standard InChI is InChI=1S/C20H33NO2/c1-6-16(4)19(18-13-10-9-12-17(18)5)20(22)23-15-11-14-21(7-2)8-3/h9-10,12-13,16,19H,6-8,11,14-15H2,1-5H3/t16-,19-/m0/s1. The topological polar surface area (TPSA) is 29.5 Å². The van der Waals surface area contributed by atoms with Crippen molar-refractivity contribution in [2.45, 2.75) is 53.4 Å². The van der Waals surface area contributed by atoms with Gasteiger partial charge in [0, 0.05) is 6.54 Å². The van der Waals surface area contributed by atoms with Gasteiger partial charge in [-0.25, -0.2) is 0 Å². The average molecular weight is 319 g/mol. The minimum absolute atomic E-state index is 0.0757. The van der Waals surface area contributed by atoms with E-state index in [0.29, 0.717) is 6.61 Å². The molecule has 0 amide bonds. The molecule has 0 aliphatic heterocycles. The molecular formula is C20H33NO2. The minimum atomic E-state index is -0.158. The summed E-state index contributed by atoms with van der Waals surface area (Å²) in [6, 6.07) is 8.15. The minimum Gasteiger partial charge on any atom is -0.465 e. The fraction of sp³-hybridized carbons (Fsp3) is 0.650. The monoisotopic (exact) mass is 319 g/mol. The highest BCUT2D eigenvalue weighted by Crippen LogP contribution is 2.30. The molecule has 0 heterocycles. The van der Waals surface area contributed by atoms with E-state index < -0.39 is 0 Å². The number of hydrogen-bond donors (Lipinski definition) is 0. The lowest BCUT2D eigenvalue weighted by Gasteiger charge is -2.24. The Morgan fingerprint density at radius 2 is 1.83 bits per heavy atom. The van der Waals surface area contributed by atoms with E-state index in [2.05, 4.69) is 51.7 Å². The predicted octanol–water partition coefficient (Wildman–Crippen LogP) is 4.40. The van der Waals surface area contributed by atoms with Gasteiger partial charge in [0.15, 0.2) is 0 Å². The molecule has 2 atom stereocenters. The first-order valence-electron chi connectivity index (χ1n) is 8.99. The van der Waals surface area contributed by atoms with Crippen LogP contribution >= 0.6 is 0 Å². The van der Waals surface area contributed by atoms with Crippen LogP contribution in [0.2, 0.25) is 0 Å². The zero-order valence-corrected chi connectivity index (χ0v) is 15.5. The second-order valence-electron chi connectivity index (χ2n) is 6.27. The Morgan fingerprint density at radius 1 is 1.17 bits per heavy atom. The van der Waals surface area contributed by atoms with E-state index >= 15 is 0 Å². The molecule has 0 unspecified atom stereocenters. The lowest BCUT2D eigenvalue weighted by Crippen LogP contribution is -2.27. The van der Waals surface area contributed by atoms with Crippen LogP contribution in [0, 0.1) is 12.8 Å². The first-order valence-corrected chi connectivity index (χ1v) is 8.99. The maximum Gasteiger partial charge on any atom is 0.313 e. The van der Waals surface area contributed by atoms with E-state index in [-0.39, 0.29) is 17.8 Å². The fourth-order valence-corrected chi connectivity index (χ4v) is 2.93. The van der Waals surface area contributed by atoms with Gasteiger partial charge in [-0.05, 0) is 43.5 Å². The summed E-state index contributed by atoms with van der Waals surface area (Å²) in [6.45, 7) is 14.2. The third-order valence-corrected chi connectivity index (χ3v) is 4.75. The van der Waals surface area contributed by atoms with Crippen molar-refractivity contribution < 1.29 is 9.53 Å². The highest BCUT2D eigenvalue weighted by atomic mass is 16.5.